The van der Waals surface area contributed by atoms with Gasteiger partial charge in [-0.2, -0.15) is 26.3 Å². The van der Waals surface area contributed by atoms with Crippen LogP contribution in [0.2, 0.25) is 0 Å². The third-order valence-electron chi connectivity index (χ3n) is 3.94. The summed E-state index contributed by atoms with van der Waals surface area (Å²) in [6, 6.07) is 2.91. The Kier molecular flexibility index (Phi) is 6.23. The summed E-state index contributed by atoms with van der Waals surface area (Å²) < 4.78 is 96.4. The van der Waals surface area contributed by atoms with Crippen LogP contribution in [-0.4, -0.2) is 21.9 Å². The number of alkyl halides is 6. The minimum Gasteiger partial charge on any atom is -0.482 e. The fraction of sp³-hybridized carbons (Fsp3) is 0.316. The first kappa shape index (κ1) is 23.3. The number of nitrogens with two attached hydrogens (primary N) is 1. The van der Waals surface area contributed by atoms with Gasteiger partial charge in [-0.25, -0.2) is 9.37 Å². The monoisotopic (exact) mass is 436 g/mol. The third-order valence-corrected chi connectivity index (χ3v) is 3.94. The van der Waals surface area contributed by atoms with Gasteiger partial charge in [0, 0.05) is 23.4 Å². The van der Waals surface area contributed by atoms with E-state index in [1.165, 1.54) is 6.92 Å². The number of nitrogens with zero attached hydrogens (tertiary/aromatic N) is 1. The molecule has 4 nitrogen and oxygen atoms in total. The maximum Gasteiger partial charge on any atom is 0.428 e. The van der Waals surface area contributed by atoms with Crippen molar-refractivity contribution in [2.24, 2.45) is 0 Å². The van der Waals surface area contributed by atoms with E-state index in [1.807, 2.05) is 0 Å². The smallest absolute Gasteiger partial charge is 0.428 e. The zero-order valence-corrected chi connectivity index (χ0v) is 15.5. The normalized spacial score (nSPS) is 15.0. The number of hydrogen-bond donors (Lipinski definition) is 2. The molecule has 30 heavy (non-hydrogen) atoms. The van der Waals surface area contributed by atoms with Crippen LogP contribution in [0.4, 0.5) is 36.6 Å². The molecule has 0 radical (unpaired) electrons. The molecule has 0 saturated carbocycles. The molecule has 1 heterocycles. The SMILES string of the molecule is C[C@@H](Oc1cc(C#CC(C)(O)C(F)(F)F)cnc1N)c1cc(F)ccc1C(F)(F)F. The van der Waals surface area contributed by atoms with Crippen LogP contribution in [0.15, 0.2) is 30.5 Å². The fourth-order valence-electron chi connectivity index (χ4n) is 2.26. The standard InChI is InChI=1S/C19H15F7N2O2/c1-10(13-8-12(20)3-4-14(13)18(21,22)23)30-15-7-11(9-28-16(15)27)5-6-17(2,29)19(24,25)26/h3-4,7-10,29H,1-2H3,(H2,27,28)/t10-,17?/m1/s1. The van der Waals surface area contributed by atoms with E-state index in [2.05, 4.69) is 10.9 Å². The molecule has 162 valence electrons. The van der Waals surface area contributed by atoms with Crippen LogP contribution in [0.25, 0.3) is 0 Å². The minimum absolute atomic E-state index is 0.147. The quantitative estimate of drug-likeness (QED) is 0.544. The van der Waals surface area contributed by atoms with Gasteiger partial charge >= 0.3 is 12.4 Å². The third kappa shape index (κ3) is 5.33. The maximum atomic E-state index is 13.5. The predicted octanol–water partition coefficient (Wildman–Crippen LogP) is 4.63. The van der Waals surface area contributed by atoms with Crippen LogP contribution in [0.5, 0.6) is 5.75 Å². The Morgan fingerprint density at radius 2 is 1.77 bits per heavy atom. The van der Waals surface area contributed by atoms with E-state index >= 15 is 0 Å². The van der Waals surface area contributed by atoms with Gasteiger partial charge in [-0.15, -0.1) is 0 Å². The molecule has 3 N–H and O–H groups in total. The topological polar surface area (TPSA) is 68.4 Å². The zero-order valence-electron chi connectivity index (χ0n) is 15.5. The van der Waals surface area contributed by atoms with Gasteiger partial charge in [0.25, 0.3) is 0 Å². The van der Waals surface area contributed by atoms with Crippen molar-refractivity contribution >= 4 is 5.82 Å². The average Bonchev–Trinajstić information content (AvgIpc) is 2.60. The van der Waals surface area contributed by atoms with E-state index in [1.54, 1.807) is 5.92 Å². The van der Waals surface area contributed by atoms with Crippen LogP contribution < -0.4 is 10.5 Å². The molecule has 0 amide bonds. The number of anilines is 1. The molecule has 2 aromatic rings. The average molecular weight is 436 g/mol. The molecule has 0 spiro atoms. The van der Waals surface area contributed by atoms with Crippen LogP contribution in [-0.2, 0) is 6.18 Å². The lowest BCUT2D eigenvalue weighted by atomic mass is 10.0. The van der Waals surface area contributed by atoms with Gasteiger partial charge in [0.2, 0.25) is 5.60 Å². The summed E-state index contributed by atoms with van der Waals surface area (Å²) in [5, 5.41) is 9.35. The largest absolute Gasteiger partial charge is 0.482 e. The van der Waals surface area contributed by atoms with E-state index < -0.39 is 41.0 Å². The van der Waals surface area contributed by atoms with Crippen LogP contribution in [0, 0.1) is 17.7 Å². The molecular formula is C19H15F7N2O2. The molecule has 1 unspecified atom stereocenters. The van der Waals surface area contributed by atoms with Gasteiger partial charge < -0.3 is 15.6 Å². The summed E-state index contributed by atoms with van der Waals surface area (Å²) in [5.74, 6) is 2.21. The Balaban J connectivity index is 2.38. The zero-order chi connectivity index (χ0) is 22.9. The first-order chi connectivity index (χ1) is 13.6. The molecule has 0 saturated heterocycles. The van der Waals surface area contributed by atoms with Gasteiger partial charge in [-0.3, -0.25) is 0 Å². The second kappa shape index (κ2) is 8.02. The fourth-order valence-corrected chi connectivity index (χ4v) is 2.26. The van der Waals surface area contributed by atoms with Gasteiger partial charge in [0.15, 0.2) is 11.6 Å². The number of hydrogen-bond acceptors (Lipinski definition) is 4. The number of pyridine rings is 1. The number of aromatic nitrogens is 1. The van der Waals surface area contributed by atoms with Gasteiger partial charge in [0.1, 0.15) is 11.9 Å². The first-order valence-electron chi connectivity index (χ1n) is 8.23. The molecule has 1 aromatic carbocycles. The van der Waals surface area contributed by atoms with Crippen molar-refractivity contribution in [3.05, 3.63) is 53.0 Å². The summed E-state index contributed by atoms with van der Waals surface area (Å²) in [6.45, 7) is 1.66. The summed E-state index contributed by atoms with van der Waals surface area (Å²) in [4.78, 5) is 3.67. The van der Waals surface area contributed by atoms with Gasteiger partial charge in [-0.1, -0.05) is 11.8 Å². The predicted molar refractivity (Wildman–Crippen MR) is 92.7 cm³/mol. The summed E-state index contributed by atoms with van der Waals surface area (Å²) in [7, 11) is 0. The number of rotatable bonds is 3. The highest BCUT2D eigenvalue weighted by Gasteiger charge is 2.49. The first-order valence-corrected chi connectivity index (χ1v) is 8.23. The molecule has 0 aliphatic rings. The summed E-state index contributed by atoms with van der Waals surface area (Å²) in [5.41, 5.74) is 0.524. The van der Waals surface area contributed by atoms with Gasteiger partial charge in [0.05, 0.1) is 5.56 Å². The number of nitrogen functional groups attached to an aromatic ring is 1. The molecule has 0 aliphatic carbocycles. The lowest BCUT2D eigenvalue weighted by Gasteiger charge is -2.21. The minimum atomic E-state index is -5.01. The Morgan fingerprint density at radius 1 is 1.13 bits per heavy atom. The van der Waals surface area contributed by atoms with Crippen LogP contribution >= 0.6 is 0 Å². The number of aliphatic hydroxyl groups is 1. The van der Waals surface area contributed by atoms with E-state index in [-0.39, 0.29) is 17.1 Å². The Morgan fingerprint density at radius 3 is 2.33 bits per heavy atom. The van der Waals surface area contributed by atoms with Crippen molar-refractivity contribution in [3.63, 3.8) is 0 Å². The lowest BCUT2D eigenvalue weighted by Crippen LogP contribution is -2.40. The highest BCUT2D eigenvalue weighted by molar-refractivity contribution is 5.51. The molecule has 1 aromatic heterocycles. The molecule has 0 aliphatic heterocycles. The molecular weight excluding hydrogens is 421 g/mol. The second-order valence-electron chi connectivity index (χ2n) is 6.42. The Labute approximate surface area is 166 Å². The van der Waals surface area contributed by atoms with Crippen LogP contribution in [0.3, 0.4) is 0 Å². The molecule has 0 bridgehead atoms. The Hall–Kier alpha value is -3.00. The Bertz CT molecular complexity index is 989. The van der Waals surface area contributed by atoms with E-state index in [9.17, 15) is 35.8 Å². The molecule has 11 heteroatoms. The number of halogens is 7. The highest BCUT2D eigenvalue weighted by Crippen LogP contribution is 2.37. The lowest BCUT2D eigenvalue weighted by molar-refractivity contribution is -0.228. The summed E-state index contributed by atoms with van der Waals surface area (Å²) >= 11 is 0. The van der Waals surface area contributed by atoms with Crippen molar-refractivity contribution in [2.75, 3.05) is 5.73 Å². The van der Waals surface area contributed by atoms with E-state index in [0.717, 1.165) is 12.3 Å². The molecule has 2 rings (SSSR count). The van der Waals surface area contributed by atoms with Crippen molar-refractivity contribution in [3.8, 4) is 17.6 Å². The number of benzene rings is 1. The van der Waals surface area contributed by atoms with Crippen LogP contribution in [0.1, 0.15) is 36.6 Å². The van der Waals surface area contributed by atoms with Gasteiger partial charge in [-0.05, 0) is 32.0 Å². The highest BCUT2D eigenvalue weighted by atomic mass is 19.4. The van der Waals surface area contributed by atoms with Crippen molar-refractivity contribution < 1.29 is 40.6 Å². The van der Waals surface area contributed by atoms with Crippen molar-refractivity contribution in [2.45, 2.75) is 37.9 Å². The maximum absolute atomic E-state index is 13.5. The van der Waals surface area contributed by atoms with Crippen molar-refractivity contribution in [1.29, 1.82) is 0 Å². The molecule has 2 atom stereocenters. The van der Waals surface area contributed by atoms with E-state index in [0.29, 0.717) is 25.1 Å². The van der Waals surface area contributed by atoms with Crippen molar-refractivity contribution in [1.82, 2.24) is 4.98 Å². The number of ether oxygens (including phenoxy) is 1. The molecule has 0 fully saturated rings. The summed E-state index contributed by atoms with van der Waals surface area (Å²) in [6.07, 6.45) is -10.1. The second-order valence-corrected chi connectivity index (χ2v) is 6.42. The van der Waals surface area contributed by atoms with E-state index in [4.69, 9.17) is 10.5 Å².